The predicted molar refractivity (Wildman–Crippen MR) is 360 cm³/mol. The highest BCUT2D eigenvalue weighted by Gasteiger charge is 2.22. The van der Waals surface area contributed by atoms with Crippen LogP contribution in [0.3, 0.4) is 0 Å². The number of hydrogen-bond donors (Lipinski definition) is 0. The fraction of sp³-hybridized carbons (Fsp3) is 0.676. The molecule has 0 amide bonds. The van der Waals surface area contributed by atoms with Crippen molar-refractivity contribution in [3.05, 3.63) is 134 Å². The van der Waals surface area contributed by atoms with Gasteiger partial charge in [-0.15, -0.1) is 0 Å². The van der Waals surface area contributed by atoms with Gasteiger partial charge in [-0.3, -0.25) is 14.2 Å². The number of phosphoric ester groups is 1. The van der Waals surface area contributed by atoms with Gasteiger partial charge in [-0.1, -0.05) is 282 Å². The summed E-state index contributed by atoms with van der Waals surface area (Å²) in [5.41, 5.74) is 0. The standard InChI is InChI=1S/C74H126NO8P/c1-6-8-10-12-14-16-18-20-22-24-26-28-30-32-33-34-35-36-37-38-39-40-41-43-45-47-49-51-53-55-57-59-61-63-65-67-74(77)83-72(71-82-84(78,79)81-69-68-75(3,4)5)70-80-73(76)66-64-62-60-58-56-54-52-50-48-46-44-42-31-29-27-25-23-21-19-17-15-13-11-9-7-2/h8-11,14-17,20-23,26-29,32-33,35-36,38-39,72H,6-7,12-13,18-19,24-25,30-31,34,37,40-71H2,1-5H3/b10-8-,11-9-,16-14-,17-15-,22-20-,23-21-,28-26-,29-27-,33-32-,36-35-,39-38-. The Bertz CT molecular complexity index is 1880. The molecule has 9 nitrogen and oxygen atoms in total. The molecule has 10 heteroatoms. The van der Waals surface area contributed by atoms with Gasteiger partial charge in [-0.25, -0.2) is 0 Å². The lowest BCUT2D eigenvalue weighted by molar-refractivity contribution is -0.870. The third-order valence-electron chi connectivity index (χ3n) is 14.2. The second-order valence-electron chi connectivity index (χ2n) is 23.4. The van der Waals surface area contributed by atoms with Crippen molar-refractivity contribution in [1.29, 1.82) is 0 Å². The van der Waals surface area contributed by atoms with Gasteiger partial charge >= 0.3 is 11.9 Å². The number of rotatable bonds is 61. The van der Waals surface area contributed by atoms with Gasteiger partial charge in [0.1, 0.15) is 19.8 Å². The van der Waals surface area contributed by atoms with Crippen molar-refractivity contribution < 1.29 is 42.1 Å². The van der Waals surface area contributed by atoms with Gasteiger partial charge in [-0.2, -0.15) is 0 Å². The average Bonchev–Trinajstić information content (AvgIpc) is 3.61. The van der Waals surface area contributed by atoms with Crippen LogP contribution in [0, 0.1) is 0 Å². The van der Waals surface area contributed by atoms with E-state index in [1.54, 1.807) is 0 Å². The van der Waals surface area contributed by atoms with Gasteiger partial charge in [0.25, 0.3) is 7.82 Å². The molecular formula is C74H126NO8P. The summed E-state index contributed by atoms with van der Waals surface area (Å²) in [7, 11) is 1.16. The van der Waals surface area contributed by atoms with Crippen LogP contribution in [0.25, 0.3) is 0 Å². The Morgan fingerprint density at radius 3 is 0.952 bits per heavy atom. The van der Waals surface area contributed by atoms with Gasteiger partial charge in [0, 0.05) is 12.8 Å². The maximum absolute atomic E-state index is 12.9. The fourth-order valence-corrected chi connectivity index (χ4v) is 9.77. The first-order valence-electron chi connectivity index (χ1n) is 33.9. The number of nitrogens with zero attached hydrogens (tertiary/aromatic N) is 1. The van der Waals surface area contributed by atoms with Crippen LogP contribution in [0.1, 0.15) is 271 Å². The Labute approximate surface area is 517 Å². The number of quaternary nitrogens is 1. The molecule has 0 aliphatic rings. The molecule has 0 bridgehead atoms. The molecule has 0 heterocycles. The van der Waals surface area contributed by atoms with E-state index >= 15 is 0 Å². The summed E-state index contributed by atoms with van der Waals surface area (Å²) < 4.78 is 34.3. The predicted octanol–water partition coefficient (Wildman–Crippen LogP) is 21.4. The van der Waals surface area contributed by atoms with Crippen LogP contribution >= 0.6 is 7.82 Å². The summed E-state index contributed by atoms with van der Waals surface area (Å²) in [5, 5.41) is 0. The van der Waals surface area contributed by atoms with E-state index in [-0.39, 0.29) is 32.0 Å². The SMILES string of the molecule is CC/C=C\C/C=C\C/C=C\C/C=C\C/C=C\C/C=C\C/C=C\CCCCCCCCCCCCCCCC(=O)OC(COC(=O)CCCCCCCCCCCCCC/C=C\C/C=C\C/C=C\C/C=C\CC)COP(=O)([O-])OCC[N+](C)(C)C. The van der Waals surface area contributed by atoms with Crippen LogP contribution in [0.4, 0.5) is 0 Å². The van der Waals surface area contributed by atoms with E-state index in [0.717, 1.165) is 109 Å². The number of unbranched alkanes of at least 4 members (excludes halogenated alkanes) is 25. The van der Waals surface area contributed by atoms with Gasteiger partial charge in [0.05, 0.1) is 27.7 Å². The molecule has 0 aromatic heterocycles. The van der Waals surface area contributed by atoms with Crippen LogP contribution in [-0.4, -0.2) is 70.0 Å². The zero-order chi connectivity index (χ0) is 61.2. The second-order valence-corrected chi connectivity index (χ2v) is 24.8. The number of likely N-dealkylation sites (N-methyl/N-ethyl adjacent to an activating group) is 1. The summed E-state index contributed by atoms with van der Waals surface area (Å²) in [5.74, 6) is -0.838. The molecule has 0 rings (SSSR count). The molecule has 480 valence electrons. The maximum atomic E-state index is 12.9. The molecule has 2 atom stereocenters. The van der Waals surface area contributed by atoms with E-state index in [9.17, 15) is 19.0 Å². The van der Waals surface area contributed by atoms with Crippen molar-refractivity contribution in [1.82, 2.24) is 0 Å². The summed E-state index contributed by atoms with van der Waals surface area (Å²) in [4.78, 5) is 38.0. The molecule has 2 unspecified atom stereocenters. The lowest BCUT2D eigenvalue weighted by atomic mass is 10.0. The van der Waals surface area contributed by atoms with Crippen molar-refractivity contribution in [3.8, 4) is 0 Å². The number of allylic oxidation sites excluding steroid dienone is 22. The molecule has 0 radical (unpaired) electrons. The lowest BCUT2D eigenvalue weighted by Crippen LogP contribution is -2.37. The first-order chi connectivity index (χ1) is 41.0. The van der Waals surface area contributed by atoms with Gasteiger partial charge < -0.3 is 27.9 Å². The molecule has 0 N–H and O–H groups in total. The number of phosphoric acid groups is 1. The fourth-order valence-electron chi connectivity index (χ4n) is 9.04. The van der Waals surface area contributed by atoms with Gasteiger partial charge in [0.2, 0.25) is 0 Å². The van der Waals surface area contributed by atoms with E-state index < -0.39 is 26.5 Å². The highest BCUT2D eigenvalue weighted by molar-refractivity contribution is 7.45. The molecule has 84 heavy (non-hydrogen) atoms. The van der Waals surface area contributed by atoms with Crippen molar-refractivity contribution in [2.75, 3.05) is 47.5 Å². The molecule has 0 aliphatic carbocycles. The second kappa shape index (κ2) is 63.6. The minimum atomic E-state index is -4.65. The van der Waals surface area contributed by atoms with Crippen molar-refractivity contribution in [3.63, 3.8) is 0 Å². The van der Waals surface area contributed by atoms with Crippen LogP contribution in [-0.2, 0) is 32.7 Å². The van der Waals surface area contributed by atoms with Crippen LogP contribution in [0.2, 0.25) is 0 Å². The minimum Gasteiger partial charge on any atom is -0.756 e. The van der Waals surface area contributed by atoms with Crippen molar-refractivity contribution in [2.45, 2.75) is 277 Å². The molecule has 0 aromatic rings. The molecule has 0 fully saturated rings. The quantitative estimate of drug-likeness (QED) is 0.0195. The molecule has 0 aliphatic heterocycles. The minimum absolute atomic E-state index is 0.0366. The molecule has 0 aromatic carbocycles. The Morgan fingerprint density at radius 2 is 0.643 bits per heavy atom. The molecular weight excluding hydrogens is 1060 g/mol. The summed E-state index contributed by atoms with van der Waals surface area (Å²) in [6, 6.07) is 0. The van der Waals surface area contributed by atoms with Gasteiger partial charge in [-0.05, 0) is 109 Å². The molecule has 0 spiro atoms. The van der Waals surface area contributed by atoms with E-state index in [0.29, 0.717) is 17.4 Å². The zero-order valence-electron chi connectivity index (χ0n) is 54.6. The summed E-state index contributed by atoms with van der Waals surface area (Å²) in [6.07, 6.45) is 92.3. The lowest BCUT2D eigenvalue weighted by Gasteiger charge is -2.28. The normalized spacial score (nSPS) is 14.0. The third-order valence-corrected chi connectivity index (χ3v) is 15.1. The number of esters is 2. The number of carbonyl (C=O) groups excluding carboxylic acids is 2. The van der Waals surface area contributed by atoms with Crippen LogP contribution in [0.5, 0.6) is 0 Å². The van der Waals surface area contributed by atoms with Crippen molar-refractivity contribution >= 4 is 19.8 Å². The Hall–Kier alpha value is -3.85. The number of hydrogen-bond acceptors (Lipinski definition) is 8. The third kappa shape index (κ3) is 67.3. The smallest absolute Gasteiger partial charge is 0.306 e. The number of ether oxygens (including phenoxy) is 2. The Balaban J connectivity index is 4.09. The highest BCUT2D eigenvalue weighted by atomic mass is 31.2. The maximum Gasteiger partial charge on any atom is 0.306 e. The monoisotopic (exact) mass is 1190 g/mol. The molecule has 0 saturated heterocycles. The van der Waals surface area contributed by atoms with E-state index in [1.165, 1.54) is 128 Å². The highest BCUT2D eigenvalue weighted by Crippen LogP contribution is 2.38. The largest absolute Gasteiger partial charge is 0.756 e. The first kappa shape index (κ1) is 80.2. The zero-order valence-corrected chi connectivity index (χ0v) is 55.4. The summed E-state index contributed by atoms with van der Waals surface area (Å²) >= 11 is 0. The Kier molecular flexibility index (Phi) is 60.7. The van der Waals surface area contributed by atoms with Gasteiger partial charge in [0.15, 0.2) is 6.10 Å². The van der Waals surface area contributed by atoms with Crippen molar-refractivity contribution in [2.24, 2.45) is 0 Å². The van der Waals surface area contributed by atoms with Crippen LogP contribution < -0.4 is 4.89 Å². The average molecular weight is 1190 g/mol. The van der Waals surface area contributed by atoms with E-state index in [2.05, 4.69) is 148 Å². The molecule has 0 saturated carbocycles. The summed E-state index contributed by atoms with van der Waals surface area (Å²) in [6.45, 7) is 4.02. The topological polar surface area (TPSA) is 111 Å². The first-order valence-corrected chi connectivity index (χ1v) is 35.4. The van der Waals surface area contributed by atoms with Crippen LogP contribution in [0.15, 0.2) is 134 Å². The Morgan fingerprint density at radius 1 is 0.369 bits per heavy atom. The number of carbonyl (C=O) groups is 2. The van der Waals surface area contributed by atoms with E-state index in [4.69, 9.17) is 18.5 Å². The van der Waals surface area contributed by atoms with E-state index in [1.807, 2.05) is 21.1 Å².